The SMILES string of the molecule is O=C(NN=Cc1ccncc1)/C(=C/c1ccc(F)cc1)NC(=O)c1ccccc1. The molecule has 7 heteroatoms. The van der Waals surface area contributed by atoms with Crippen molar-refractivity contribution in [2.75, 3.05) is 0 Å². The van der Waals surface area contributed by atoms with Crippen LogP contribution in [-0.2, 0) is 4.79 Å². The average Bonchev–Trinajstić information content (AvgIpc) is 2.76. The molecule has 2 aromatic carbocycles. The van der Waals surface area contributed by atoms with E-state index in [1.807, 2.05) is 0 Å². The molecule has 29 heavy (non-hydrogen) atoms. The normalized spacial score (nSPS) is 11.3. The molecule has 6 nitrogen and oxygen atoms in total. The maximum Gasteiger partial charge on any atom is 0.287 e. The first-order valence-corrected chi connectivity index (χ1v) is 8.69. The molecule has 144 valence electrons. The van der Waals surface area contributed by atoms with Crippen molar-refractivity contribution in [1.82, 2.24) is 15.7 Å². The molecule has 0 saturated heterocycles. The van der Waals surface area contributed by atoms with E-state index in [-0.39, 0.29) is 5.70 Å². The zero-order chi connectivity index (χ0) is 20.5. The summed E-state index contributed by atoms with van der Waals surface area (Å²) in [7, 11) is 0. The van der Waals surface area contributed by atoms with E-state index in [1.165, 1.54) is 36.6 Å². The number of hydrogen-bond donors (Lipinski definition) is 2. The van der Waals surface area contributed by atoms with Gasteiger partial charge in [0, 0.05) is 18.0 Å². The number of halogens is 1. The van der Waals surface area contributed by atoms with Gasteiger partial charge in [-0.3, -0.25) is 14.6 Å². The average molecular weight is 388 g/mol. The van der Waals surface area contributed by atoms with Crippen molar-refractivity contribution in [2.45, 2.75) is 0 Å². The number of nitrogens with zero attached hydrogens (tertiary/aromatic N) is 2. The minimum atomic E-state index is -0.621. The number of nitrogens with one attached hydrogen (secondary N) is 2. The van der Waals surface area contributed by atoms with Crippen LogP contribution in [-0.4, -0.2) is 23.0 Å². The Hall–Kier alpha value is -4.13. The van der Waals surface area contributed by atoms with Crippen LogP contribution in [0.4, 0.5) is 4.39 Å². The predicted octanol–water partition coefficient (Wildman–Crippen LogP) is 3.14. The van der Waals surface area contributed by atoms with E-state index < -0.39 is 17.6 Å². The second-order valence-electron chi connectivity index (χ2n) is 5.91. The number of pyridine rings is 1. The molecule has 3 aromatic rings. The largest absolute Gasteiger partial charge is 0.317 e. The van der Waals surface area contributed by atoms with Gasteiger partial charge in [0.2, 0.25) is 0 Å². The van der Waals surface area contributed by atoms with Crippen molar-refractivity contribution in [3.8, 4) is 0 Å². The number of carbonyl (C=O) groups is 2. The van der Waals surface area contributed by atoms with Gasteiger partial charge in [-0.1, -0.05) is 30.3 Å². The van der Waals surface area contributed by atoms with Crippen molar-refractivity contribution < 1.29 is 14.0 Å². The van der Waals surface area contributed by atoms with E-state index in [4.69, 9.17) is 0 Å². The van der Waals surface area contributed by atoms with Crippen LogP contribution in [0.3, 0.4) is 0 Å². The van der Waals surface area contributed by atoms with Gasteiger partial charge in [0.05, 0.1) is 6.21 Å². The Morgan fingerprint density at radius 2 is 1.59 bits per heavy atom. The first kappa shape index (κ1) is 19.6. The van der Waals surface area contributed by atoms with Crippen LogP contribution in [0.25, 0.3) is 6.08 Å². The molecule has 0 saturated carbocycles. The lowest BCUT2D eigenvalue weighted by molar-refractivity contribution is -0.117. The predicted molar refractivity (Wildman–Crippen MR) is 108 cm³/mol. The Morgan fingerprint density at radius 1 is 0.897 bits per heavy atom. The fourth-order valence-electron chi connectivity index (χ4n) is 2.34. The van der Waals surface area contributed by atoms with Crippen molar-refractivity contribution in [1.29, 1.82) is 0 Å². The summed E-state index contributed by atoms with van der Waals surface area (Å²) in [5, 5.41) is 6.47. The Bertz CT molecular complexity index is 1030. The van der Waals surface area contributed by atoms with Gasteiger partial charge in [-0.25, -0.2) is 9.82 Å². The minimum Gasteiger partial charge on any atom is -0.317 e. The molecule has 0 unspecified atom stereocenters. The number of carbonyl (C=O) groups excluding carboxylic acids is 2. The molecule has 0 fully saturated rings. The lowest BCUT2D eigenvalue weighted by atomic mass is 10.1. The summed E-state index contributed by atoms with van der Waals surface area (Å²) < 4.78 is 13.1. The molecule has 0 atom stereocenters. The molecule has 0 spiro atoms. The van der Waals surface area contributed by atoms with Crippen LogP contribution in [0.15, 0.2) is 89.9 Å². The van der Waals surface area contributed by atoms with E-state index in [9.17, 15) is 14.0 Å². The number of amides is 2. The van der Waals surface area contributed by atoms with Crippen LogP contribution in [0.5, 0.6) is 0 Å². The van der Waals surface area contributed by atoms with E-state index in [2.05, 4.69) is 20.8 Å². The number of hydrogen-bond acceptors (Lipinski definition) is 4. The quantitative estimate of drug-likeness (QED) is 0.387. The summed E-state index contributed by atoms with van der Waals surface area (Å²) in [4.78, 5) is 28.9. The maximum atomic E-state index is 13.1. The first-order chi connectivity index (χ1) is 14.1. The maximum absolute atomic E-state index is 13.1. The Balaban J connectivity index is 1.79. The summed E-state index contributed by atoms with van der Waals surface area (Å²) in [5.41, 5.74) is 4.03. The van der Waals surface area contributed by atoms with Gasteiger partial charge >= 0.3 is 0 Å². The van der Waals surface area contributed by atoms with Gasteiger partial charge < -0.3 is 5.32 Å². The molecule has 1 aromatic heterocycles. The molecule has 0 aliphatic rings. The third-order valence-electron chi connectivity index (χ3n) is 3.80. The van der Waals surface area contributed by atoms with Crippen LogP contribution >= 0.6 is 0 Å². The van der Waals surface area contributed by atoms with Gasteiger partial charge in [0.15, 0.2) is 0 Å². The Morgan fingerprint density at radius 3 is 2.28 bits per heavy atom. The molecule has 0 aliphatic heterocycles. The smallest absolute Gasteiger partial charge is 0.287 e. The van der Waals surface area contributed by atoms with Crippen molar-refractivity contribution in [3.63, 3.8) is 0 Å². The number of rotatable bonds is 6. The van der Waals surface area contributed by atoms with Crippen LogP contribution in [0, 0.1) is 5.82 Å². The summed E-state index contributed by atoms with van der Waals surface area (Å²) in [6.45, 7) is 0. The molecule has 0 bridgehead atoms. The fourth-order valence-corrected chi connectivity index (χ4v) is 2.34. The number of hydrazone groups is 1. The Labute approximate surface area is 166 Å². The second kappa shape index (κ2) is 9.70. The molecular weight excluding hydrogens is 371 g/mol. The highest BCUT2D eigenvalue weighted by Crippen LogP contribution is 2.09. The topological polar surface area (TPSA) is 83.4 Å². The van der Waals surface area contributed by atoms with E-state index in [0.29, 0.717) is 11.1 Å². The highest BCUT2D eigenvalue weighted by molar-refractivity contribution is 6.05. The van der Waals surface area contributed by atoms with Crippen LogP contribution < -0.4 is 10.7 Å². The summed E-state index contributed by atoms with van der Waals surface area (Å²) >= 11 is 0. The van der Waals surface area contributed by atoms with Gasteiger partial charge in [-0.2, -0.15) is 5.10 Å². The van der Waals surface area contributed by atoms with Crippen LogP contribution in [0.1, 0.15) is 21.5 Å². The zero-order valence-corrected chi connectivity index (χ0v) is 15.2. The van der Waals surface area contributed by atoms with Gasteiger partial charge in [0.25, 0.3) is 11.8 Å². The summed E-state index contributed by atoms with van der Waals surface area (Å²) in [5.74, 6) is -1.47. The molecule has 1 heterocycles. The molecule has 2 N–H and O–H groups in total. The van der Waals surface area contributed by atoms with E-state index in [1.54, 1.807) is 54.9 Å². The van der Waals surface area contributed by atoms with E-state index >= 15 is 0 Å². The summed E-state index contributed by atoms with van der Waals surface area (Å²) in [6, 6.07) is 17.5. The second-order valence-corrected chi connectivity index (χ2v) is 5.91. The molecule has 3 rings (SSSR count). The molecule has 0 radical (unpaired) electrons. The number of aromatic nitrogens is 1. The monoisotopic (exact) mass is 388 g/mol. The van der Waals surface area contributed by atoms with Crippen molar-refractivity contribution >= 4 is 24.1 Å². The van der Waals surface area contributed by atoms with Gasteiger partial charge in [-0.15, -0.1) is 0 Å². The first-order valence-electron chi connectivity index (χ1n) is 8.69. The van der Waals surface area contributed by atoms with Gasteiger partial charge in [-0.05, 0) is 53.6 Å². The van der Waals surface area contributed by atoms with Crippen molar-refractivity contribution in [2.24, 2.45) is 5.10 Å². The lowest BCUT2D eigenvalue weighted by Crippen LogP contribution is -2.32. The highest BCUT2D eigenvalue weighted by atomic mass is 19.1. The van der Waals surface area contributed by atoms with Crippen molar-refractivity contribution in [3.05, 3.63) is 107 Å². The number of benzene rings is 2. The summed E-state index contributed by atoms with van der Waals surface area (Å²) in [6.07, 6.45) is 6.10. The van der Waals surface area contributed by atoms with E-state index in [0.717, 1.165) is 5.56 Å². The molecule has 2 amide bonds. The Kier molecular flexibility index (Phi) is 6.57. The lowest BCUT2D eigenvalue weighted by Gasteiger charge is -2.09. The molecule has 0 aliphatic carbocycles. The van der Waals surface area contributed by atoms with Gasteiger partial charge in [0.1, 0.15) is 11.5 Å². The molecular formula is C22H17FN4O2. The third kappa shape index (κ3) is 5.93. The third-order valence-corrected chi connectivity index (χ3v) is 3.80. The van der Waals surface area contributed by atoms with Crippen LogP contribution in [0.2, 0.25) is 0 Å². The zero-order valence-electron chi connectivity index (χ0n) is 15.2. The standard InChI is InChI=1S/C22H17FN4O2/c23-19-8-6-16(7-9-19)14-20(26-21(28)18-4-2-1-3-5-18)22(29)27-25-15-17-10-12-24-13-11-17/h1-15H,(H,26,28)(H,27,29)/b20-14-,25-15?. The highest BCUT2D eigenvalue weighted by Gasteiger charge is 2.14. The minimum absolute atomic E-state index is 0.0302. The fraction of sp³-hybridized carbons (Fsp3) is 0.